The summed E-state index contributed by atoms with van der Waals surface area (Å²) in [6, 6.07) is 9.52. The third-order valence-electron chi connectivity index (χ3n) is 4.40. The molecule has 7 nitrogen and oxygen atoms in total. The van der Waals surface area contributed by atoms with Crippen LogP contribution in [0.25, 0.3) is 5.69 Å². The lowest BCUT2D eigenvalue weighted by Gasteiger charge is -2.17. The van der Waals surface area contributed by atoms with Crippen LogP contribution in [0, 0.1) is 20.8 Å². The predicted molar refractivity (Wildman–Crippen MR) is 99.6 cm³/mol. The van der Waals surface area contributed by atoms with Gasteiger partial charge in [-0.1, -0.05) is 18.2 Å². The Bertz CT molecular complexity index is 1040. The van der Waals surface area contributed by atoms with E-state index in [9.17, 15) is 8.42 Å². The summed E-state index contributed by atoms with van der Waals surface area (Å²) >= 11 is 0. The van der Waals surface area contributed by atoms with E-state index in [1.807, 2.05) is 50.5 Å². The molecule has 3 aromatic rings. The SMILES string of the molecule is Cc1nn(C)cc1CN(C)S(=O)(=O)c1c(C)nn(-c2ccccc2)c1C. The van der Waals surface area contributed by atoms with E-state index in [4.69, 9.17) is 0 Å². The zero-order valence-corrected chi connectivity index (χ0v) is 16.4. The molecule has 2 aromatic heterocycles. The fourth-order valence-corrected chi connectivity index (χ4v) is 4.60. The van der Waals surface area contributed by atoms with E-state index in [0.717, 1.165) is 16.9 Å². The number of aryl methyl sites for hydroxylation is 3. The highest BCUT2D eigenvalue weighted by molar-refractivity contribution is 7.89. The molecule has 26 heavy (non-hydrogen) atoms. The van der Waals surface area contributed by atoms with Crippen LogP contribution in [0.1, 0.15) is 22.6 Å². The van der Waals surface area contributed by atoms with Gasteiger partial charge in [-0.3, -0.25) is 4.68 Å². The summed E-state index contributed by atoms with van der Waals surface area (Å²) in [6.45, 7) is 5.64. The maximum atomic E-state index is 13.2. The van der Waals surface area contributed by atoms with Gasteiger partial charge in [-0.2, -0.15) is 14.5 Å². The molecule has 0 bridgehead atoms. The van der Waals surface area contributed by atoms with Crippen molar-refractivity contribution in [3.05, 3.63) is 59.2 Å². The number of nitrogens with zero attached hydrogens (tertiary/aromatic N) is 5. The Morgan fingerprint density at radius 1 is 1.04 bits per heavy atom. The Hall–Kier alpha value is -2.45. The predicted octanol–water partition coefficient (Wildman–Crippen LogP) is 2.35. The van der Waals surface area contributed by atoms with Crippen molar-refractivity contribution >= 4 is 10.0 Å². The number of hydrogen-bond acceptors (Lipinski definition) is 4. The number of sulfonamides is 1. The fraction of sp³-hybridized carbons (Fsp3) is 0.333. The van der Waals surface area contributed by atoms with E-state index in [1.54, 1.807) is 30.3 Å². The molecular weight excluding hydrogens is 350 g/mol. The zero-order chi connectivity index (χ0) is 19.1. The zero-order valence-electron chi connectivity index (χ0n) is 15.6. The molecule has 0 fully saturated rings. The number of para-hydroxylation sites is 1. The van der Waals surface area contributed by atoms with E-state index in [2.05, 4.69) is 10.2 Å². The Balaban J connectivity index is 1.99. The monoisotopic (exact) mass is 373 g/mol. The van der Waals surface area contributed by atoms with Gasteiger partial charge in [0.2, 0.25) is 10.0 Å². The van der Waals surface area contributed by atoms with Crippen LogP contribution in [-0.2, 0) is 23.6 Å². The smallest absolute Gasteiger partial charge is 0.246 e. The van der Waals surface area contributed by atoms with Crippen molar-refractivity contribution in [2.75, 3.05) is 7.05 Å². The van der Waals surface area contributed by atoms with Gasteiger partial charge in [0, 0.05) is 32.4 Å². The third kappa shape index (κ3) is 3.17. The highest BCUT2D eigenvalue weighted by Crippen LogP contribution is 2.26. The number of aromatic nitrogens is 4. The van der Waals surface area contributed by atoms with E-state index < -0.39 is 10.0 Å². The third-order valence-corrected chi connectivity index (χ3v) is 6.46. The molecule has 3 rings (SSSR count). The molecule has 0 aliphatic carbocycles. The molecule has 8 heteroatoms. The molecule has 0 aliphatic rings. The number of benzene rings is 1. The lowest BCUT2D eigenvalue weighted by Crippen LogP contribution is -2.27. The van der Waals surface area contributed by atoms with Crippen LogP contribution in [-0.4, -0.2) is 39.3 Å². The summed E-state index contributed by atoms with van der Waals surface area (Å²) in [7, 11) is -0.274. The van der Waals surface area contributed by atoms with Gasteiger partial charge >= 0.3 is 0 Å². The van der Waals surface area contributed by atoms with Gasteiger partial charge in [0.15, 0.2) is 0 Å². The first-order valence-electron chi connectivity index (χ1n) is 8.29. The Kier molecular flexibility index (Phi) is 4.72. The van der Waals surface area contributed by atoms with Crippen molar-refractivity contribution in [1.29, 1.82) is 0 Å². The summed E-state index contributed by atoms with van der Waals surface area (Å²) in [5, 5.41) is 8.73. The molecular formula is C18H23N5O2S. The topological polar surface area (TPSA) is 73.0 Å². The number of rotatable bonds is 5. The quantitative estimate of drug-likeness (QED) is 0.688. The molecule has 138 valence electrons. The van der Waals surface area contributed by atoms with Gasteiger partial charge in [-0.05, 0) is 32.9 Å². The van der Waals surface area contributed by atoms with Crippen LogP contribution in [0.4, 0.5) is 0 Å². The molecule has 0 unspecified atom stereocenters. The molecule has 1 aromatic carbocycles. The second-order valence-electron chi connectivity index (χ2n) is 6.42. The van der Waals surface area contributed by atoms with Gasteiger partial charge < -0.3 is 0 Å². The lowest BCUT2D eigenvalue weighted by atomic mass is 10.3. The fourth-order valence-electron chi connectivity index (χ4n) is 3.11. The highest BCUT2D eigenvalue weighted by atomic mass is 32.2. The van der Waals surface area contributed by atoms with E-state index in [-0.39, 0.29) is 11.4 Å². The van der Waals surface area contributed by atoms with Crippen molar-refractivity contribution in [3.63, 3.8) is 0 Å². The van der Waals surface area contributed by atoms with Crippen molar-refractivity contribution in [3.8, 4) is 5.69 Å². The average molecular weight is 373 g/mol. The maximum Gasteiger partial charge on any atom is 0.246 e. The Labute approximate surface area is 153 Å². The van der Waals surface area contributed by atoms with Crippen LogP contribution < -0.4 is 0 Å². The molecule has 0 radical (unpaired) electrons. The second-order valence-corrected chi connectivity index (χ2v) is 8.40. The van der Waals surface area contributed by atoms with Crippen molar-refractivity contribution < 1.29 is 8.42 Å². The molecule has 0 saturated heterocycles. The standard InChI is InChI=1S/C18H23N5O2S/c1-13-16(11-21(4)19-13)12-22(5)26(24,25)18-14(2)20-23(15(18)3)17-9-7-6-8-10-17/h6-11H,12H2,1-5H3. The largest absolute Gasteiger partial charge is 0.275 e. The molecule has 0 atom stereocenters. The van der Waals surface area contributed by atoms with Gasteiger partial charge in [0.1, 0.15) is 4.90 Å². The van der Waals surface area contributed by atoms with E-state index >= 15 is 0 Å². The van der Waals surface area contributed by atoms with Gasteiger partial charge in [0.05, 0.1) is 22.8 Å². The minimum absolute atomic E-state index is 0.255. The normalized spacial score (nSPS) is 12.1. The summed E-state index contributed by atoms with van der Waals surface area (Å²) in [4.78, 5) is 0.255. The Morgan fingerprint density at radius 2 is 1.69 bits per heavy atom. The molecule has 0 N–H and O–H groups in total. The van der Waals surface area contributed by atoms with E-state index in [0.29, 0.717) is 11.4 Å². The molecule has 0 aliphatic heterocycles. The van der Waals surface area contributed by atoms with Gasteiger partial charge in [0.25, 0.3) is 0 Å². The summed E-state index contributed by atoms with van der Waals surface area (Å²) < 4.78 is 31.1. The minimum Gasteiger partial charge on any atom is -0.275 e. The molecule has 0 amide bonds. The van der Waals surface area contributed by atoms with Crippen LogP contribution in [0.15, 0.2) is 41.4 Å². The van der Waals surface area contributed by atoms with Crippen molar-refractivity contribution in [2.24, 2.45) is 7.05 Å². The summed E-state index contributed by atoms with van der Waals surface area (Å²) in [5.74, 6) is 0. The van der Waals surface area contributed by atoms with Crippen LogP contribution in [0.5, 0.6) is 0 Å². The summed E-state index contributed by atoms with van der Waals surface area (Å²) in [5.41, 5.74) is 3.62. The first kappa shape index (κ1) is 18.3. The van der Waals surface area contributed by atoms with Gasteiger partial charge in [-0.15, -0.1) is 0 Å². The molecule has 0 saturated carbocycles. The molecule has 0 spiro atoms. The van der Waals surface area contributed by atoms with Gasteiger partial charge in [-0.25, -0.2) is 13.1 Å². The minimum atomic E-state index is -3.68. The number of hydrogen-bond donors (Lipinski definition) is 0. The van der Waals surface area contributed by atoms with Crippen molar-refractivity contribution in [1.82, 2.24) is 23.9 Å². The maximum absolute atomic E-state index is 13.2. The molecule has 2 heterocycles. The lowest BCUT2D eigenvalue weighted by molar-refractivity contribution is 0.465. The first-order chi connectivity index (χ1) is 12.2. The highest BCUT2D eigenvalue weighted by Gasteiger charge is 2.29. The van der Waals surface area contributed by atoms with Crippen molar-refractivity contribution in [2.45, 2.75) is 32.2 Å². The van der Waals surface area contributed by atoms with Crippen LogP contribution in [0.3, 0.4) is 0 Å². The van der Waals surface area contributed by atoms with E-state index in [1.165, 1.54) is 4.31 Å². The second kappa shape index (κ2) is 6.69. The summed E-state index contributed by atoms with van der Waals surface area (Å²) in [6.07, 6.45) is 1.84. The first-order valence-corrected chi connectivity index (χ1v) is 9.73. The van der Waals surface area contributed by atoms with Crippen LogP contribution >= 0.6 is 0 Å². The average Bonchev–Trinajstić information content (AvgIpc) is 3.06. The van der Waals surface area contributed by atoms with Crippen LogP contribution in [0.2, 0.25) is 0 Å². The Morgan fingerprint density at radius 3 is 2.27 bits per heavy atom.